The molecule has 0 radical (unpaired) electrons. The Balaban J connectivity index is 1.57. The van der Waals surface area contributed by atoms with Crippen molar-refractivity contribution in [1.82, 2.24) is 10.6 Å². The normalized spacial score (nSPS) is 13.4. The Labute approximate surface area is 176 Å². The largest absolute Gasteiger partial charge is 0.493 e. The Morgan fingerprint density at radius 3 is 2.27 bits per heavy atom. The van der Waals surface area contributed by atoms with E-state index in [-0.39, 0.29) is 18.2 Å². The Hall–Kier alpha value is -3.42. The minimum Gasteiger partial charge on any atom is -0.493 e. The molecule has 0 bridgehead atoms. The van der Waals surface area contributed by atoms with Crippen LogP contribution in [0, 0.1) is 0 Å². The van der Waals surface area contributed by atoms with E-state index in [4.69, 9.17) is 14.2 Å². The standard InChI is InChI=1S/C22H27N3O5/c1-28-18-10-16(11-19(29-2)22(18)30-3)12-20(26)24-13-15-4-6-17(7-5-15)25-9-8-23-21(27)14-25/h4-7,10-11H,8-9,12-14H2,1-3H3,(H,23,27)(H,24,26). The topological polar surface area (TPSA) is 89.1 Å². The number of rotatable bonds is 8. The second-order valence-corrected chi connectivity index (χ2v) is 6.93. The van der Waals surface area contributed by atoms with Crippen molar-refractivity contribution in [3.8, 4) is 17.2 Å². The van der Waals surface area contributed by atoms with E-state index in [0.29, 0.717) is 36.9 Å². The summed E-state index contributed by atoms with van der Waals surface area (Å²) in [6.45, 7) is 2.23. The molecule has 0 atom stereocenters. The highest BCUT2D eigenvalue weighted by Gasteiger charge is 2.17. The lowest BCUT2D eigenvalue weighted by atomic mass is 10.1. The third-order valence-corrected chi connectivity index (χ3v) is 4.92. The first kappa shape index (κ1) is 21.3. The Morgan fingerprint density at radius 2 is 1.70 bits per heavy atom. The zero-order valence-electron chi connectivity index (χ0n) is 17.5. The fourth-order valence-electron chi connectivity index (χ4n) is 3.37. The predicted molar refractivity (Wildman–Crippen MR) is 113 cm³/mol. The maximum absolute atomic E-state index is 12.4. The summed E-state index contributed by atoms with van der Waals surface area (Å²) in [6, 6.07) is 11.4. The number of benzene rings is 2. The third kappa shape index (κ3) is 5.14. The molecule has 0 unspecified atom stereocenters. The summed E-state index contributed by atoms with van der Waals surface area (Å²) in [7, 11) is 4.63. The van der Waals surface area contributed by atoms with Crippen LogP contribution in [0.4, 0.5) is 5.69 Å². The lowest BCUT2D eigenvalue weighted by Crippen LogP contribution is -2.47. The van der Waals surface area contributed by atoms with E-state index in [2.05, 4.69) is 10.6 Å². The fraction of sp³-hybridized carbons (Fsp3) is 0.364. The molecule has 2 N–H and O–H groups in total. The van der Waals surface area contributed by atoms with Gasteiger partial charge in [-0.05, 0) is 35.4 Å². The number of nitrogens with one attached hydrogen (secondary N) is 2. The first-order valence-corrected chi connectivity index (χ1v) is 9.70. The smallest absolute Gasteiger partial charge is 0.239 e. The van der Waals surface area contributed by atoms with E-state index in [0.717, 1.165) is 23.4 Å². The molecule has 160 valence electrons. The highest BCUT2D eigenvalue weighted by molar-refractivity contribution is 5.82. The Bertz CT molecular complexity index is 873. The van der Waals surface area contributed by atoms with Gasteiger partial charge in [0.25, 0.3) is 0 Å². The second-order valence-electron chi connectivity index (χ2n) is 6.93. The number of ether oxygens (including phenoxy) is 3. The minimum atomic E-state index is -0.110. The van der Waals surface area contributed by atoms with E-state index in [1.807, 2.05) is 29.2 Å². The van der Waals surface area contributed by atoms with Crippen molar-refractivity contribution in [1.29, 1.82) is 0 Å². The van der Waals surface area contributed by atoms with Gasteiger partial charge in [0.05, 0.1) is 34.3 Å². The van der Waals surface area contributed by atoms with Gasteiger partial charge in [0, 0.05) is 25.3 Å². The average molecular weight is 413 g/mol. The molecule has 0 aromatic heterocycles. The van der Waals surface area contributed by atoms with Crippen LogP contribution in [0.3, 0.4) is 0 Å². The van der Waals surface area contributed by atoms with Crippen molar-refractivity contribution in [3.63, 3.8) is 0 Å². The summed E-state index contributed by atoms with van der Waals surface area (Å²) < 4.78 is 16.0. The number of amides is 2. The molecule has 3 rings (SSSR count). The molecule has 1 aliphatic rings. The number of hydrogen-bond donors (Lipinski definition) is 2. The predicted octanol–water partition coefficient (Wildman–Crippen LogP) is 1.51. The molecule has 1 saturated heterocycles. The van der Waals surface area contributed by atoms with Crippen molar-refractivity contribution < 1.29 is 23.8 Å². The van der Waals surface area contributed by atoms with Gasteiger partial charge >= 0.3 is 0 Å². The zero-order valence-corrected chi connectivity index (χ0v) is 17.5. The summed E-state index contributed by atoms with van der Waals surface area (Å²) in [6.07, 6.45) is 0.192. The quantitative estimate of drug-likeness (QED) is 0.682. The van der Waals surface area contributed by atoms with E-state index in [1.165, 1.54) is 7.11 Å². The van der Waals surface area contributed by atoms with Gasteiger partial charge in [0.15, 0.2) is 11.5 Å². The summed E-state index contributed by atoms with van der Waals surface area (Å²) in [4.78, 5) is 26.0. The molecule has 0 aliphatic carbocycles. The van der Waals surface area contributed by atoms with E-state index in [1.54, 1.807) is 26.4 Å². The number of nitrogens with zero attached hydrogens (tertiary/aromatic N) is 1. The van der Waals surface area contributed by atoms with Gasteiger partial charge in [-0.2, -0.15) is 0 Å². The number of anilines is 1. The summed E-state index contributed by atoms with van der Waals surface area (Å²) in [5.41, 5.74) is 2.75. The molecular formula is C22H27N3O5. The molecule has 8 nitrogen and oxygen atoms in total. The van der Waals surface area contributed by atoms with Gasteiger partial charge in [0.2, 0.25) is 17.6 Å². The Morgan fingerprint density at radius 1 is 1.03 bits per heavy atom. The van der Waals surface area contributed by atoms with Crippen LogP contribution < -0.4 is 29.7 Å². The van der Waals surface area contributed by atoms with Gasteiger partial charge in [-0.3, -0.25) is 9.59 Å². The molecule has 2 amide bonds. The molecule has 2 aromatic carbocycles. The van der Waals surface area contributed by atoms with Crippen LogP contribution in [0.1, 0.15) is 11.1 Å². The maximum Gasteiger partial charge on any atom is 0.239 e. The first-order valence-electron chi connectivity index (χ1n) is 9.70. The SMILES string of the molecule is COc1cc(CC(=O)NCc2ccc(N3CCNC(=O)C3)cc2)cc(OC)c1OC. The molecule has 2 aromatic rings. The van der Waals surface area contributed by atoms with Gasteiger partial charge in [-0.25, -0.2) is 0 Å². The lowest BCUT2D eigenvalue weighted by molar-refractivity contribution is -0.121. The molecule has 1 aliphatic heterocycles. The zero-order chi connectivity index (χ0) is 21.5. The van der Waals surface area contributed by atoms with Crippen LogP contribution in [0.5, 0.6) is 17.2 Å². The summed E-state index contributed by atoms with van der Waals surface area (Å²) in [5.74, 6) is 1.45. The van der Waals surface area contributed by atoms with E-state index in [9.17, 15) is 9.59 Å². The first-order chi connectivity index (χ1) is 14.5. The van der Waals surface area contributed by atoms with Gasteiger partial charge in [-0.15, -0.1) is 0 Å². The molecular weight excluding hydrogens is 386 g/mol. The number of methoxy groups -OCH3 is 3. The number of carbonyl (C=O) groups is 2. The van der Waals surface area contributed by atoms with Crippen molar-refractivity contribution in [2.24, 2.45) is 0 Å². The molecule has 30 heavy (non-hydrogen) atoms. The highest BCUT2D eigenvalue weighted by atomic mass is 16.5. The molecule has 8 heteroatoms. The number of hydrogen-bond acceptors (Lipinski definition) is 6. The van der Waals surface area contributed by atoms with Crippen molar-refractivity contribution in [3.05, 3.63) is 47.5 Å². The van der Waals surface area contributed by atoms with Crippen molar-refractivity contribution >= 4 is 17.5 Å². The highest BCUT2D eigenvalue weighted by Crippen LogP contribution is 2.38. The van der Waals surface area contributed by atoms with Crippen LogP contribution in [0.25, 0.3) is 0 Å². The van der Waals surface area contributed by atoms with Crippen molar-refractivity contribution in [2.45, 2.75) is 13.0 Å². The lowest BCUT2D eigenvalue weighted by Gasteiger charge is -2.28. The van der Waals surface area contributed by atoms with Crippen LogP contribution in [0.2, 0.25) is 0 Å². The molecule has 1 heterocycles. The molecule has 0 saturated carbocycles. The monoisotopic (exact) mass is 413 g/mol. The molecule has 0 spiro atoms. The Kier molecular flexibility index (Phi) is 7.00. The minimum absolute atomic E-state index is 0.0318. The fourth-order valence-corrected chi connectivity index (χ4v) is 3.37. The second kappa shape index (κ2) is 9.87. The summed E-state index contributed by atoms with van der Waals surface area (Å²) >= 11 is 0. The maximum atomic E-state index is 12.4. The number of piperazine rings is 1. The van der Waals surface area contributed by atoms with E-state index >= 15 is 0 Å². The van der Waals surface area contributed by atoms with Crippen LogP contribution in [-0.2, 0) is 22.6 Å². The molecule has 1 fully saturated rings. The van der Waals surface area contributed by atoms with Crippen LogP contribution in [-0.4, -0.2) is 52.8 Å². The van der Waals surface area contributed by atoms with Crippen LogP contribution >= 0.6 is 0 Å². The number of carbonyl (C=O) groups excluding carboxylic acids is 2. The van der Waals surface area contributed by atoms with Crippen molar-refractivity contribution in [2.75, 3.05) is 45.9 Å². The van der Waals surface area contributed by atoms with Gasteiger partial charge in [0.1, 0.15) is 0 Å². The van der Waals surface area contributed by atoms with Gasteiger partial charge < -0.3 is 29.7 Å². The third-order valence-electron chi connectivity index (χ3n) is 4.92. The average Bonchev–Trinajstić information content (AvgIpc) is 2.77. The van der Waals surface area contributed by atoms with E-state index < -0.39 is 0 Å². The van der Waals surface area contributed by atoms with Crippen LogP contribution in [0.15, 0.2) is 36.4 Å². The summed E-state index contributed by atoms with van der Waals surface area (Å²) in [5, 5.41) is 5.74. The van der Waals surface area contributed by atoms with Gasteiger partial charge in [-0.1, -0.05) is 12.1 Å².